The van der Waals surface area contributed by atoms with Crippen LogP contribution in [-0.2, 0) is 19.5 Å². The summed E-state index contributed by atoms with van der Waals surface area (Å²) in [6.45, 7) is 7.76. The van der Waals surface area contributed by atoms with Gasteiger partial charge in [-0.2, -0.15) is 11.8 Å². The van der Waals surface area contributed by atoms with E-state index in [1.165, 1.54) is 47.6 Å². The Morgan fingerprint density at radius 2 is 1.77 bits per heavy atom. The van der Waals surface area contributed by atoms with Crippen molar-refractivity contribution in [1.82, 2.24) is 24.8 Å². The number of aryl methyl sites for hydroxylation is 1. The zero-order valence-electron chi connectivity index (χ0n) is 23.2. The van der Waals surface area contributed by atoms with Crippen molar-refractivity contribution in [1.29, 1.82) is 0 Å². The Balaban J connectivity index is 1.28. The van der Waals surface area contributed by atoms with Crippen LogP contribution in [0.25, 0.3) is 0 Å². The molecule has 4 heterocycles. The zero-order valence-corrected chi connectivity index (χ0v) is 24.0. The molecule has 1 aromatic carbocycles. The van der Waals surface area contributed by atoms with Crippen molar-refractivity contribution in [3.63, 3.8) is 0 Å². The van der Waals surface area contributed by atoms with Crippen molar-refractivity contribution in [3.05, 3.63) is 77.6 Å². The smallest absolute Gasteiger partial charge is 0.272 e. The van der Waals surface area contributed by atoms with E-state index in [0.717, 1.165) is 57.8 Å². The summed E-state index contributed by atoms with van der Waals surface area (Å²) in [5.74, 6) is 3.41. The summed E-state index contributed by atoms with van der Waals surface area (Å²) in [6, 6.07) is 13.1. The average molecular weight is 547 g/mol. The number of nitrogens with zero attached hydrogens (tertiary/aromatic N) is 5. The van der Waals surface area contributed by atoms with Gasteiger partial charge in [-0.25, -0.2) is 4.98 Å². The molecule has 0 atom stereocenters. The van der Waals surface area contributed by atoms with E-state index < -0.39 is 0 Å². The Morgan fingerprint density at radius 3 is 2.44 bits per heavy atom. The highest BCUT2D eigenvalue weighted by molar-refractivity contribution is 7.99. The number of rotatable bonds is 11. The first-order valence-electron chi connectivity index (χ1n) is 14.6. The molecule has 2 aromatic heterocycles. The molecule has 0 unspecified atom stereocenters. The molecule has 8 heteroatoms. The van der Waals surface area contributed by atoms with E-state index in [4.69, 9.17) is 0 Å². The molecule has 2 aliphatic rings. The normalized spacial score (nSPS) is 16.9. The fourth-order valence-corrected chi connectivity index (χ4v) is 6.51. The van der Waals surface area contributed by atoms with Crippen molar-refractivity contribution in [2.45, 2.75) is 64.6 Å². The first-order chi connectivity index (χ1) is 19.2. The molecule has 0 saturated carbocycles. The number of aromatic nitrogens is 3. The number of hydrogen-bond donors (Lipinski definition) is 1. The fraction of sp³-hybridized carbons (Fsp3) is 0.516. The van der Waals surface area contributed by atoms with Gasteiger partial charge in [0, 0.05) is 74.5 Å². The molecule has 1 N–H and O–H groups in total. The minimum atomic E-state index is 0.0386. The quantitative estimate of drug-likeness (QED) is 0.325. The fourth-order valence-electron chi connectivity index (χ4n) is 5.61. The molecule has 2 fully saturated rings. The van der Waals surface area contributed by atoms with Crippen LogP contribution in [0.15, 0.2) is 55.0 Å². The summed E-state index contributed by atoms with van der Waals surface area (Å²) in [5.41, 5.74) is 4.22. The zero-order chi connectivity index (χ0) is 26.9. The molecule has 39 heavy (non-hydrogen) atoms. The largest absolute Gasteiger partial charge is 0.370 e. The van der Waals surface area contributed by atoms with E-state index in [9.17, 15) is 4.79 Å². The first-order valence-corrected chi connectivity index (χ1v) is 15.7. The number of imidazole rings is 1. The van der Waals surface area contributed by atoms with E-state index in [0.29, 0.717) is 12.2 Å². The number of amides is 1. The van der Waals surface area contributed by atoms with Crippen LogP contribution in [0.3, 0.4) is 0 Å². The van der Waals surface area contributed by atoms with E-state index in [1.807, 2.05) is 30.2 Å². The number of hydrogen-bond acceptors (Lipinski definition) is 6. The van der Waals surface area contributed by atoms with Crippen LogP contribution in [0.4, 0.5) is 5.69 Å². The first kappa shape index (κ1) is 27.7. The maximum Gasteiger partial charge on any atom is 0.272 e. The van der Waals surface area contributed by atoms with Gasteiger partial charge >= 0.3 is 0 Å². The van der Waals surface area contributed by atoms with Gasteiger partial charge in [0.05, 0.1) is 6.54 Å². The molecule has 0 radical (unpaired) electrons. The molecule has 2 saturated heterocycles. The molecular formula is C31H42N6OS. The molecule has 208 valence electrons. The lowest BCUT2D eigenvalue weighted by Crippen LogP contribution is -2.47. The van der Waals surface area contributed by atoms with Crippen molar-refractivity contribution < 1.29 is 4.79 Å². The number of unbranched alkanes of at least 4 members (excludes halogenated alkanes) is 2. The molecular weight excluding hydrogens is 504 g/mol. The predicted molar refractivity (Wildman–Crippen MR) is 160 cm³/mol. The maximum atomic E-state index is 13.9. The van der Waals surface area contributed by atoms with Crippen molar-refractivity contribution in [2.75, 3.05) is 42.6 Å². The van der Waals surface area contributed by atoms with Crippen LogP contribution in [0.2, 0.25) is 0 Å². The van der Waals surface area contributed by atoms with Gasteiger partial charge in [-0.3, -0.25) is 14.7 Å². The number of carbonyl (C=O) groups is 1. The van der Waals surface area contributed by atoms with Crippen LogP contribution in [0.5, 0.6) is 0 Å². The van der Waals surface area contributed by atoms with Gasteiger partial charge in [-0.1, -0.05) is 38.0 Å². The molecule has 7 nitrogen and oxygen atoms in total. The third-order valence-electron chi connectivity index (χ3n) is 7.97. The Bertz CT molecular complexity index is 1140. The minimum absolute atomic E-state index is 0.0386. The number of nitrogens with one attached hydrogen (secondary N) is 1. The standard InChI is InChI=1S/C31H42N6OS/c1-2-3-4-5-25-8-11-29(34-22-25)31(38)37(28-12-16-35(17-13-28)24-30-32-14-15-33-30)23-26-6-9-27(10-7-26)36-18-20-39-21-19-36/h6-11,14-15,22,28H,2-5,12-13,16-21,23-24H2,1H3,(H,32,33). The van der Waals surface area contributed by atoms with Gasteiger partial charge in [0.1, 0.15) is 11.5 Å². The molecule has 0 bridgehead atoms. The molecule has 0 spiro atoms. The number of likely N-dealkylation sites (tertiary alicyclic amines) is 1. The van der Waals surface area contributed by atoms with Crippen molar-refractivity contribution in [2.24, 2.45) is 0 Å². The third-order valence-corrected chi connectivity index (χ3v) is 8.91. The summed E-state index contributed by atoms with van der Waals surface area (Å²) in [6.07, 6.45) is 12.1. The summed E-state index contributed by atoms with van der Waals surface area (Å²) < 4.78 is 0. The number of pyridine rings is 1. The van der Waals surface area contributed by atoms with Crippen molar-refractivity contribution in [3.8, 4) is 0 Å². The van der Waals surface area contributed by atoms with E-state index in [-0.39, 0.29) is 11.9 Å². The Hall–Kier alpha value is -2.84. The average Bonchev–Trinajstić information content (AvgIpc) is 3.50. The number of piperidine rings is 1. The lowest BCUT2D eigenvalue weighted by atomic mass is 10.0. The van der Waals surface area contributed by atoms with E-state index in [1.54, 1.807) is 6.20 Å². The number of anilines is 1. The maximum absolute atomic E-state index is 13.9. The van der Waals surface area contributed by atoms with Crippen LogP contribution in [-0.4, -0.2) is 74.4 Å². The van der Waals surface area contributed by atoms with Crippen LogP contribution in [0.1, 0.15) is 66.5 Å². The number of H-pyrrole nitrogens is 1. The Labute approximate surface area is 237 Å². The lowest BCUT2D eigenvalue weighted by molar-refractivity contribution is 0.0535. The summed E-state index contributed by atoms with van der Waals surface area (Å²) in [5, 5.41) is 0. The van der Waals surface area contributed by atoms with E-state index in [2.05, 4.69) is 66.9 Å². The SMILES string of the molecule is CCCCCc1ccc(C(=O)N(Cc2ccc(N3CCSCC3)cc2)C2CCN(Cc3ncc[nH]3)CC2)nc1. The Morgan fingerprint density at radius 1 is 1.00 bits per heavy atom. The van der Waals surface area contributed by atoms with Gasteiger partial charge in [0.15, 0.2) is 0 Å². The molecule has 0 aliphatic carbocycles. The van der Waals surface area contributed by atoms with Crippen LogP contribution in [0, 0.1) is 0 Å². The summed E-state index contributed by atoms with van der Waals surface area (Å²) >= 11 is 2.03. The van der Waals surface area contributed by atoms with Gasteiger partial charge in [0.25, 0.3) is 5.91 Å². The third kappa shape index (κ3) is 7.63. The second kappa shape index (κ2) is 14.0. The highest BCUT2D eigenvalue weighted by atomic mass is 32.2. The van der Waals surface area contributed by atoms with Crippen LogP contribution >= 0.6 is 11.8 Å². The molecule has 3 aromatic rings. The van der Waals surface area contributed by atoms with Crippen LogP contribution < -0.4 is 4.90 Å². The number of thioether (sulfide) groups is 1. The minimum Gasteiger partial charge on any atom is -0.370 e. The summed E-state index contributed by atoms with van der Waals surface area (Å²) in [4.78, 5) is 33.1. The number of carbonyl (C=O) groups excluding carboxylic acids is 1. The topological polar surface area (TPSA) is 68.4 Å². The van der Waals surface area contributed by atoms with Gasteiger partial charge in [-0.15, -0.1) is 0 Å². The monoisotopic (exact) mass is 546 g/mol. The second-order valence-electron chi connectivity index (χ2n) is 10.8. The van der Waals surface area contributed by atoms with Gasteiger partial charge in [0.2, 0.25) is 0 Å². The number of aromatic amines is 1. The molecule has 5 rings (SSSR count). The second-order valence-corrected chi connectivity index (χ2v) is 12.0. The predicted octanol–water partition coefficient (Wildman–Crippen LogP) is 5.40. The van der Waals surface area contributed by atoms with E-state index >= 15 is 0 Å². The Kier molecular flexibility index (Phi) is 9.94. The van der Waals surface area contributed by atoms with Gasteiger partial charge < -0.3 is 14.8 Å². The highest BCUT2D eigenvalue weighted by Crippen LogP contribution is 2.24. The van der Waals surface area contributed by atoms with Gasteiger partial charge in [-0.05, 0) is 55.0 Å². The molecule has 1 amide bonds. The molecule has 2 aliphatic heterocycles. The lowest BCUT2D eigenvalue weighted by Gasteiger charge is -2.38. The van der Waals surface area contributed by atoms with Crippen molar-refractivity contribution >= 4 is 23.4 Å². The highest BCUT2D eigenvalue weighted by Gasteiger charge is 2.29. The number of benzene rings is 1. The summed E-state index contributed by atoms with van der Waals surface area (Å²) in [7, 11) is 0.